The second-order valence-electron chi connectivity index (χ2n) is 4.10. The van der Waals surface area contributed by atoms with Crippen molar-refractivity contribution >= 4 is 23.3 Å². The predicted octanol–water partition coefficient (Wildman–Crippen LogP) is 2.25. The Kier molecular flexibility index (Phi) is 4.06. The highest BCUT2D eigenvalue weighted by molar-refractivity contribution is 6.30. The molecule has 2 aromatic rings. The minimum atomic E-state index is -0.221. The third kappa shape index (κ3) is 3.06. The molecule has 0 aliphatic heterocycles. The molecule has 0 bridgehead atoms. The summed E-state index contributed by atoms with van der Waals surface area (Å²) in [5.41, 5.74) is 6.93. The van der Waals surface area contributed by atoms with Crippen LogP contribution in [0.3, 0.4) is 0 Å². The first kappa shape index (κ1) is 13.4. The lowest BCUT2D eigenvalue weighted by Crippen LogP contribution is -2.24. The van der Waals surface area contributed by atoms with Gasteiger partial charge in [0.1, 0.15) is 5.82 Å². The third-order valence-electron chi connectivity index (χ3n) is 2.58. The van der Waals surface area contributed by atoms with E-state index in [1.165, 1.54) is 4.68 Å². The molecule has 5 nitrogen and oxygen atoms in total. The molecule has 0 unspecified atom stereocenters. The molecule has 19 heavy (non-hydrogen) atoms. The Bertz CT molecular complexity index is 577. The van der Waals surface area contributed by atoms with Crippen molar-refractivity contribution in [2.75, 3.05) is 12.3 Å². The second kappa shape index (κ2) is 5.75. The largest absolute Gasteiger partial charge is 0.384 e. The van der Waals surface area contributed by atoms with Gasteiger partial charge in [0, 0.05) is 17.6 Å². The van der Waals surface area contributed by atoms with Crippen LogP contribution in [-0.2, 0) is 0 Å². The average molecular weight is 279 g/mol. The van der Waals surface area contributed by atoms with Crippen molar-refractivity contribution in [3.8, 4) is 5.69 Å². The number of rotatable bonds is 4. The van der Waals surface area contributed by atoms with E-state index in [1.807, 2.05) is 6.92 Å². The maximum Gasteiger partial charge on any atom is 0.271 e. The zero-order valence-electron chi connectivity index (χ0n) is 10.6. The molecule has 1 aromatic carbocycles. The fraction of sp³-hybridized carbons (Fsp3) is 0.231. The number of hydrogen-bond donors (Lipinski definition) is 2. The summed E-state index contributed by atoms with van der Waals surface area (Å²) in [5, 5.41) is 7.59. The van der Waals surface area contributed by atoms with Gasteiger partial charge in [-0.05, 0) is 30.7 Å². The molecule has 0 aliphatic rings. The van der Waals surface area contributed by atoms with Gasteiger partial charge in [0.25, 0.3) is 5.91 Å². The summed E-state index contributed by atoms with van der Waals surface area (Å²) in [5.74, 6) is 0.185. The Hall–Kier alpha value is -2.01. The fourth-order valence-corrected chi connectivity index (χ4v) is 1.75. The summed E-state index contributed by atoms with van der Waals surface area (Å²) in [6, 6.07) is 8.63. The van der Waals surface area contributed by atoms with Crippen molar-refractivity contribution in [2.24, 2.45) is 0 Å². The predicted molar refractivity (Wildman–Crippen MR) is 75.6 cm³/mol. The van der Waals surface area contributed by atoms with Gasteiger partial charge in [0.05, 0.1) is 5.69 Å². The highest BCUT2D eigenvalue weighted by Gasteiger charge is 2.13. The van der Waals surface area contributed by atoms with Crippen molar-refractivity contribution in [3.05, 3.63) is 41.0 Å². The number of nitrogen functional groups attached to an aromatic ring is 1. The number of carbonyl (C=O) groups is 1. The lowest BCUT2D eigenvalue weighted by Gasteiger charge is -2.03. The number of nitrogens with two attached hydrogens (primary N) is 1. The van der Waals surface area contributed by atoms with Crippen LogP contribution in [0.2, 0.25) is 5.02 Å². The number of hydrogen-bond acceptors (Lipinski definition) is 3. The molecule has 1 heterocycles. The minimum Gasteiger partial charge on any atom is -0.384 e. The monoisotopic (exact) mass is 278 g/mol. The van der Waals surface area contributed by atoms with Crippen molar-refractivity contribution in [3.63, 3.8) is 0 Å². The number of aromatic nitrogens is 2. The van der Waals surface area contributed by atoms with Gasteiger partial charge < -0.3 is 11.1 Å². The Morgan fingerprint density at radius 2 is 2.11 bits per heavy atom. The van der Waals surface area contributed by atoms with Crippen LogP contribution >= 0.6 is 11.6 Å². The van der Waals surface area contributed by atoms with Gasteiger partial charge in [-0.15, -0.1) is 0 Å². The van der Waals surface area contributed by atoms with E-state index in [0.29, 0.717) is 23.1 Å². The molecule has 1 amide bonds. The Morgan fingerprint density at radius 1 is 1.42 bits per heavy atom. The average Bonchev–Trinajstić information content (AvgIpc) is 2.79. The van der Waals surface area contributed by atoms with Gasteiger partial charge in [-0.3, -0.25) is 4.79 Å². The van der Waals surface area contributed by atoms with E-state index in [2.05, 4.69) is 10.4 Å². The first-order valence-electron chi connectivity index (χ1n) is 6.01. The maximum absolute atomic E-state index is 11.8. The fourth-order valence-electron chi connectivity index (χ4n) is 1.62. The second-order valence-corrected chi connectivity index (χ2v) is 4.54. The molecule has 0 saturated carbocycles. The first-order chi connectivity index (χ1) is 9.11. The van der Waals surface area contributed by atoms with Crippen LogP contribution in [0.25, 0.3) is 5.69 Å². The molecule has 0 atom stereocenters. The molecule has 0 saturated heterocycles. The zero-order valence-corrected chi connectivity index (χ0v) is 11.3. The topological polar surface area (TPSA) is 72.9 Å². The highest BCUT2D eigenvalue weighted by Crippen LogP contribution is 2.17. The smallest absolute Gasteiger partial charge is 0.271 e. The standard InChI is InChI=1S/C13H15ClN4O/c1-2-7-16-13(19)11-8-12(15)18(17-11)10-5-3-9(14)4-6-10/h3-6,8H,2,7,15H2,1H3,(H,16,19). The minimum absolute atomic E-state index is 0.221. The van der Waals surface area contributed by atoms with Crippen LogP contribution in [-0.4, -0.2) is 22.2 Å². The number of benzene rings is 1. The quantitative estimate of drug-likeness (QED) is 0.901. The molecule has 6 heteroatoms. The first-order valence-corrected chi connectivity index (χ1v) is 6.39. The van der Waals surface area contributed by atoms with Gasteiger partial charge in [0.15, 0.2) is 5.69 Å². The molecule has 3 N–H and O–H groups in total. The Labute approximate surface area is 116 Å². The number of carbonyl (C=O) groups excluding carboxylic acids is 1. The molecule has 0 radical (unpaired) electrons. The van der Waals surface area contributed by atoms with Gasteiger partial charge in [-0.25, -0.2) is 4.68 Å². The zero-order chi connectivity index (χ0) is 13.8. The van der Waals surface area contributed by atoms with E-state index >= 15 is 0 Å². The SMILES string of the molecule is CCCNC(=O)c1cc(N)n(-c2ccc(Cl)cc2)n1. The van der Waals surface area contributed by atoms with Crippen LogP contribution in [0, 0.1) is 0 Å². The Balaban J connectivity index is 2.26. The summed E-state index contributed by atoms with van der Waals surface area (Å²) in [6.45, 7) is 2.60. The van der Waals surface area contributed by atoms with E-state index in [4.69, 9.17) is 17.3 Å². The van der Waals surface area contributed by atoms with E-state index < -0.39 is 0 Å². The molecule has 1 aromatic heterocycles. The molecule has 100 valence electrons. The molecule has 2 rings (SSSR count). The normalized spacial score (nSPS) is 10.4. The van der Waals surface area contributed by atoms with Crippen LogP contribution in [0.5, 0.6) is 0 Å². The maximum atomic E-state index is 11.8. The van der Waals surface area contributed by atoms with Crippen molar-refractivity contribution in [1.29, 1.82) is 0 Å². The molecular formula is C13H15ClN4O. The third-order valence-corrected chi connectivity index (χ3v) is 2.83. The summed E-state index contributed by atoms with van der Waals surface area (Å²) < 4.78 is 1.51. The van der Waals surface area contributed by atoms with Crippen molar-refractivity contribution in [1.82, 2.24) is 15.1 Å². The molecule has 0 aliphatic carbocycles. The number of nitrogens with one attached hydrogen (secondary N) is 1. The number of amides is 1. The van der Waals surface area contributed by atoms with Crippen molar-refractivity contribution < 1.29 is 4.79 Å². The van der Waals surface area contributed by atoms with Crippen LogP contribution < -0.4 is 11.1 Å². The van der Waals surface area contributed by atoms with Crippen molar-refractivity contribution in [2.45, 2.75) is 13.3 Å². The van der Waals surface area contributed by atoms with E-state index in [1.54, 1.807) is 30.3 Å². The number of halogens is 1. The van der Waals surface area contributed by atoms with E-state index in [0.717, 1.165) is 12.1 Å². The van der Waals surface area contributed by atoms with E-state index in [-0.39, 0.29) is 5.91 Å². The lowest BCUT2D eigenvalue weighted by molar-refractivity contribution is 0.0948. The van der Waals surface area contributed by atoms with Gasteiger partial charge in [0.2, 0.25) is 0 Å². The lowest BCUT2D eigenvalue weighted by atomic mass is 10.3. The van der Waals surface area contributed by atoms with Gasteiger partial charge in [-0.1, -0.05) is 18.5 Å². The summed E-state index contributed by atoms with van der Waals surface area (Å²) in [7, 11) is 0. The molecule has 0 fully saturated rings. The van der Waals surface area contributed by atoms with Crippen LogP contribution in [0.15, 0.2) is 30.3 Å². The van der Waals surface area contributed by atoms with Crippen LogP contribution in [0.4, 0.5) is 5.82 Å². The number of nitrogens with zero attached hydrogens (tertiary/aromatic N) is 2. The number of anilines is 1. The molecular weight excluding hydrogens is 264 g/mol. The van der Waals surface area contributed by atoms with Gasteiger partial charge in [-0.2, -0.15) is 5.10 Å². The summed E-state index contributed by atoms with van der Waals surface area (Å²) in [6.07, 6.45) is 0.874. The van der Waals surface area contributed by atoms with E-state index in [9.17, 15) is 4.79 Å². The van der Waals surface area contributed by atoms with Gasteiger partial charge >= 0.3 is 0 Å². The summed E-state index contributed by atoms with van der Waals surface area (Å²) >= 11 is 5.83. The highest BCUT2D eigenvalue weighted by atomic mass is 35.5. The summed E-state index contributed by atoms with van der Waals surface area (Å²) in [4.78, 5) is 11.8. The molecule has 0 spiro atoms. The van der Waals surface area contributed by atoms with Crippen LogP contribution in [0.1, 0.15) is 23.8 Å². The Morgan fingerprint density at radius 3 is 2.74 bits per heavy atom.